The molecule has 0 aliphatic rings. The maximum absolute atomic E-state index is 11.1. The highest BCUT2D eigenvalue weighted by atomic mass is 35.5. The Morgan fingerprint density at radius 2 is 2.06 bits per heavy atom. The van der Waals surface area contributed by atoms with Crippen LogP contribution in [0.4, 0.5) is 0 Å². The Morgan fingerprint density at radius 3 is 2.50 bits per heavy atom. The quantitative estimate of drug-likeness (QED) is 0.813. The van der Waals surface area contributed by atoms with Crippen LogP contribution in [-0.4, -0.2) is 21.5 Å². The molecule has 1 aromatic rings. The first-order valence-corrected chi connectivity index (χ1v) is 6.51. The van der Waals surface area contributed by atoms with Crippen molar-refractivity contribution < 1.29 is 14.6 Å². The van der Waals surface area contributed by atoms with Crippen LogP contribution in [0.25, 0.3) is 0 Å². The van der Waals surface area contributed by atoms with Gasteiger partial charge in [0.1, 0.15) is 5.75 Å². The van der Waals surface area contributed by atoms with Crippen molar-refractivity contribution in [2.75, 3.05) is 0 Å². The Balaban J connectivity index is 3.01. The van der Waals surface area contributed by atoms with Crippen LogP contribution in [0.3, 0.4) is 0 Å². The van der Waals surface area contributed by atoms with Crippen LogP contribution in [0.2, 0.25) is 10.0 Å². The molecule has 0 aliphatic carbocycles. The average Bonchev–Trinajstić information content (AvgIpc) is 2.27. The minimum absolute atomic E-state index is 0.160. The molecule has 0 spiro atoms. The van der Waals surface area contributed by atoms with Crippen molar-refractivity contribution in [2.24, 2.45) is 0 Å². The molecule has 7 heteroatoms. The van der Waals surface area contributed by atoms with Gasteiger partial charge in [-0.15, -0.1) is 0 Å². The van der Waals surface area contributed by atoms with Gasteiger partial charge in [-0.1, -0.05) is 53.3 Å². The number of ether oxygens (including phenoxy) is 1. The molecule has 18 heavy (non-hydrogen) atoms. The van der Waals surface area contributed by atoms with Gasteiger partial charge >= 0.3 is 5.97 Å². The number of alkyl halides is 2. The van der Waals surface area contributed by atoms with Crippen molar-refractivity contribution >= 4 is 52.4 Å². The average molecular weight is 332 g/mol. The van der Waals surface area contributed by atoms with Gasteiger partial charge in [0.25, 0.3) is 0 Å². The molecule has 0 saturated carbocycles. The molecule has 1 unspecified atom stereocenters. The van der Waals surface area contributed by atoms with Crippen LogP contribution in [-0.2, 0) is 4.79 Å². The molecule has 0 aliphatic heterocycles. The predicted octanol–water partition coefficient (Wildman–Crippen LogP) is 4.41. The van der Waals surface area contributed by atoms with Crippen LogP contribution in [0, 0.1) is 0 Å². The summed E-state index contributed by atoms with van der Waals surface area (Å²) in [6.07, 6.45) is -1.22. The van der Waals surface area contributed by atoms with Gasteiger partial charge in [0.2, 0.25) is 6.10 Å². The summed E-state index contributed by atoms with van der Waals surface area (Å²) in [6, 6.07) is 4.42. The Bertz CT molecular complexity index is 448. The molecule has 0 heterocycles. The molecule has 1 rings (SSSR count). The summed E-state index contributed by atoms with van der Waals surface area (Å²) in [6.45, 7) is 1.66. The molecule has 1 atom stereocenters. The lowest BCUT2D eigenvalue weighted by Crippen LogP contribution is -2.42. The number of halogens is 4. The normalized spacial score (nSPS) is 13.2. The van der Waals surface area contributed by atoms with Gasteiger partial charge in [0, 0.05) is 5.02 Å². The van der Waals surface area contributed by atoms with E-state index in [2.05, 4.69) is 0 Å². The summed E-state index contributed by atoms with van der Waals surface area (Å²) in [5.41, 5.74) is 0. The maximum Gasteiger partial charge on any atom is 0.348 e. The van der Waals surface area contributed by atoms with Crippen LogP contribution >= 0.6 is 46.4 Å². The van der Waals surface area contributed by atoms with E-state index in [0.29, 0.717) is 5.02 Å². The van der Waals surface area contributed by atoms with Gasteiger partial charge in [-0.2, -0.15) is 0 Å². The predicted molar refractivity (Wildman–Crippen MR) is 73.2 cm³/mol. The summed E-state index contributed by atoms with van der Waals surface area (Å²) in [5.74, 6) is -1.11. The highest BCUT2D eigenvalue weighted by molar-refractivity contribution is 6.49. The zero-order valence-corrected chi connectivity index (χ0v) is 12.3. The molecule has 0 aromatic heterocycles. The number of carboxylic acid groups (broad SMARTS) is 1. The summed E-state index contributed by atoms with van der Waals surface area (Å²) < 4.78 is 3.72. The van der Waals surface area contributed by atoms with Crippen molar-refractivity contribution in [3.63, 3.8) is 0 Å². The van der Waals surface area contributed by atoms with Crippen molar-refractivity contribution in [2.45, 2.75) is 23.8 Å². The van der Waals surface area contributed by atoms with Crippen molar-refractivity contribution in [1.29, 1.82) is 0 Å². The van der Waals surface area contributed by atoms with E-state index < -0.39 is 16.4 Å². The molecule has 0 bridgehead atoms. The van der Waals surface area contributed by atoms with Gasteiger partial charge in [-0.3, -0.25) is 0 Å². The Morgan fingerprint density at radius 1 is 1.44 bits per heavy atom. The number of carboxylic acids is 1. The van der Waals surface area contributed by atoms with Gasteiger partial charge in [0.05, 0.1) is 5.02 Å². The van der Waals surface area contributed by atoms with Crippen molar-refractivity contribution in [3.8, 4) is 5.75 Å². The molecular weight excluding hydrogens is 322 g/mol. The highest BCUT2D eigenvalue weighted by Crippen LogP contribution is 2.35. The highest BCUT2D eigenvalue weighted by Gasteiger charge is 2.41. The van der Waals surface area contributed by atoms with Gasteiger partial charge < -0.3 is 9.84 Å². The number of hydrogen-bond donors (Lipinski definition) is 1. The first-order chi connectivity index (χ1) is 8.27. The first-order valence-electron chi connectivity index (χ1n) is 5.00. The number of hydrogen-bond acceptors (Lipinski definition) is 2. The van der Waals surface area contributed by atoms with Gasteiger partial charge in [0.15, 0.2) is 4.33 Å². The van der Waals surface area contributed by atoms with Crippen LogP contribution < -0.4 is 4.74 Å². The second kappa shape index (κ2) is 6.20. The second-order valence-electron chi connectivity index (χ2n) is 3.53. The lowest BCUT2D eigenvalue weighted by Gasteiger charge is -2.26. The van der Waals surface area contributed by atoms with E-state index in [1.54, 1.807) is 6.92 Å². The fourth-order valence-corrected chi connectivity index (χ4v) is 1.93. The Kier molecular flexibility index (Phi) is 5.41. The van der Waals surface area contributed by atoms with Gasteiger partial charge in [-0.25, -0.2) is 4.79 Å². The van der Waals surface area contributed by atoms with Crippen molar-refractivity contribution in [3.05, 3.63) is 28.2 Å². The maximum atomic E-state index is 11.1. The molecule has 0 fully saturated rings. The fraction of sp³-hybridized carbons (Fsp3) is 0.364. The van der Waals surface area contributed by atoms with E-state index in [1.807, 2.05) is 0 Å². The summed E-state index contributed by atoms with van der Waals surface area (Å²) in [7, 11) is 0. The van der Waals surface area contributed by atoms with Crippen molar-refractivity contribution in [1.82, 2.24) is 0 Å². The SMILES string of the molecule is CCC(Cl)(Cl)C(Oc1ccc(Cl)cc1Cl)C(=O)O. The van der Waals surface area contributed by atoms with E-state index in [9.17, 15) is 4.79 Å². The minimum Gasteiger partial charge on any atom is -0.478 e. The van der Waals surface area contributed by atoms with E-state index >= 15 is 0 Å². The van der Waals surface area contributed by atoms with E-state index in [1.165, 1.54) is 18.2 Å². The fourth-order valence-electron chi connectivity index (χ4n) is 1.20. The zero-order valence-electron chi connectivity index (χ0n) is 9.29. The standard InChI is InChI=1S/C11H10Cl4O3/c1-2-11(14,15)9(10(16)17)18-8-4-3-6(12)5-7(8)13/h3-5,9H,2H2,1H3,(H,16,17). The van der Waals surface area contributed by atoms with Gasteiger partial charge in [-0.05, 0) is 24.6 Å². The number of aliphatic carboxylic acids is 1. The van der Waals surface area contributed by atoms with E-state index in [-0.39, 0.29) is 17.2 Å². The van der Waals surface area contributed by atoms with Crippen LogP contribution in [0.1, 0.15) is 13.3 Å². The summed E-state index contributed by atoms with van der Waals surface area (Å²) in [5, 5.41) is 9.69. The van der Waals surface area contributed by atoms with Crippen LogP contribution in [0.5, 0.6) is 5.75 Å². The third-order valence-corrected chi connectivity index (χ3v) is 3.68. The molecule has 0 amide bonds. The molecule has 1 aromatic carbocycles. The topological polar surface area (TPSA) is 46.5 Å². The molecule has 3 nitrogen and oxygen atoms in total. The summed E-state index contributed by atoms with van der Waals surface area (Å²) in [4.78, 5) is 11.1. The number of rotatable bonds is 5. The molecule has 0 saturated heterocycles. The lowest BCUT2D eigenvalue weighted by molar-refractivity contribution is -0.145. The lowest BCUT2D eigenvalue weighted by atomic mass is 10.2. The van der Waals surface area contributed by atoms with Crippen LogP contribution in [0.15, 0.2) is 18.2 Å². The smallest absolute Gasteiger partial charge is 0.348 e. The number of benzene rings is 1. The number of carbonyl (C=O) groups is 1. The largest absolute Gasteiger partial charge is 0.478 e. The first kappa shape index (κ1) is 15.7. The summed E-state index contributed by atoms with van der Waals surface area (Å²) >= 11 is 23.4. The monoisotopic (exact) mass is 330 g/mol. The Hall–Kier alpha value is -0.350. The van der Waals surface area contributed by atoms with E-state index in [0.717, 1.165) is 0 Å². The Labute approximate surface area is 125 Å². The minimum atomic E-state index is -1.55. The molecule has 1 N–H and O–H groups in total. The molecular formula is C11H10Cl4O3. The third-order valence-electron chi connectivity index (χ3n) is 2.22. The molecule has 100 valence electrons. The second-order valence-corrected chi connectivity index (χ2v) is 5.91. The third kappa shape index (κ3) is 3.82. The van der Waals surface area contributed by atoms with E-state index in [4.69, 9.17) is 56.2 Å². The zero-order chi connectivity index (χ0) is 13.9. The molecule has 0 radical (unpaired) electrons.